The normalized spacial score (nSPS) is 14.8. The molecule has 0 fully saturated rings. The molecule has 0 atom stereocenters. The number of nitrogens with two attached hydrogens (primary N) is 1. The van der Waals surface area contributed by atoms with Crippen LogP contribution in [0, 0.1) is 5.41 Å². The first-order valence-corrected chi connectivity index (χ1v) is 4.24. The van der Waals surface area contributed by atoms with E-state index in [1.54, 1.807) is 6.20 Å². The number of hydrogen-bond acceptors (Lipinski definition) is 1. The third-order valence-corrected chi connectivity index (χ3v) is 1.62. The Balaban J connectivity index is 4.41. The lowest BCUT2D eigenvalue weighted by molar-refractivity contribution is 0.516. The van der Waals surface area contributed by atoms with Crippen molar-refractivity contribution >= 4 is 0 Å². The van der Waals surface area contributed by atoms with Gasteiger partial charge in [0.05, 0.1) is 0 Å². The van der Waals surface area contributed by atoms with Gasteiger partial charge in [-0.2, -0.15) is 0 Å². The lowest BCUT2D eigenvalue weighted by atomic mass is 9.87. The lowest BCUT2D eigenvalue weighted by Crippen LogP contribution is -2.09. The fraction of sp³-hybridized carbons (Fsp3) is 0.455. The molecule has 0 amide bonds. The molecular weight excluding hydrogens is 146 g/mol. The fourth-order valence-electron chi connectivity index (χ4n) is 0.826. The summed E-state index contributed by atoms with van der Waals surface area (Å²) in [5.41, 5.74) is 6.79. The van der Waals surface area contributed by atoms with E-state index in [1.165, 1.54) is 0 Å². The minimum absolute atomic E-state index is 0.132. The van der Waals surface area contributed by atoms with Gasteiger partial charge in [-0.25, -0.2) is 0 Å². The van der Waals surface area contributed by atoms with E-state index < -0.39 is 0 Å². The zero-order valence-corrected chi connectivity index (χ0v) is 8.46. The van der Waals surface area contributed by atoms with E-state index in [0.717, 1.165) is 5.57 Å². The molecule has 0 rings (SSSR count). The van der Waals surface area contributed by atoms with Gasteiger partial charge >= 0.3 is 0 Å². The molecule has 0 aromatic carbocycles. The van der Waals surface area contributed by atoms with Crippen molar-refractivity contribution < 1.29 is 0 Å². The summed E-state index contributed by atoms with van der Waals surface area (Å²) >= 11 is 0. The standard InChI is InChI=1S/C11H19N/c1-5-6-7-8-10(9-12)11(2,3)4/h5-9H,12H2,1-4H3/b6-5-,8-7-,10-9+. The molecule has 0 saturated carbocycles. The Morgan fingerprint density at radius 1 is 1.17 bits per heavy atom. The van der Waals surface area contributed by atoms with Crippen molar-refractivity contribution in [3.8, 4) is 0 Å². The average molecular weight is 165 g/mol. The molecular formula is C11H19N. The van der Waals surface area contributed by atoms with Gasteiger partial charge in [0.2, 0.25) is 0 Å². The molecule has 0 aliphatic heterocycles. The molecule has 0 aromatic rings. The van der Waals surface area contributed by atoms with Crippen LogP contribution in [0.1, 0.15) is 27.7 Å². The Morgan fingerprint density at radius 3 is 2.08 bits per heavy atom. The monoisotopic (exact) mass is 165 g/mol. The van der Waals surface area contributed by atoms with Gasteiger partial charge in [0, 0.05) is 0 Å². The van der Waals surface area contributed by atoms with Crippen LogP contribution in [0.4, 0.5) is 0 Å². The summed E-state index contributed by atoms with van der Waals surface area (Å²) in [5, 5.41) is 0. The van der Waals surface area contributed by atoms with E-state index in [2.05, 4.69) is 20.8 Å². The van der Waals surface area contributed by atoms with Crippen molar-refractivity contribution in [2.75, 3.05) is 0 Å². The van der Waals surface area contributed by atoms with Gasteiger partial charge in [0.15, 0.2) is 0 Å². The molecule has 0 spiro atoms. The van der Waals surface area contributed by atoms with Crippen molar-refractivity contribution in [1.29, 1.82) is 0 Å². The largest absolute Gasteiger partial charge is 0.404 e. The minimum atomic E-state index is 0.132. The molecule has 0 saturated heterocycles. The highest BCUT2D eigenvalue weighted by Gasteiger charge is 2.12. The molecule has 0 radical (unpaired) electrons. The molecule has 0 aromatic heterocycles. The Kier molecular flexibility index (Phi) is 4.42. The second kappa shape index (κ2) is 4.81. The van der Waals surface area contributed by atoms with Gasteiger partial charge in [-0.15, -0.1) is 0 Å². The predicted molar refractivity (Wildman–Crippen MR) is 55.7 cm³/mol. The third kappa shape index (κ3) is 4.02. The molecule has 1 heteroatoms. The van der Waals surface area contributed by atoms with E-state index in [4.69, 9.17) is 5.73 Å². The van der Waals surface area contributed by atoms with Crippen molar-refractivity contribution in [2.24, 2.45) is 11.1 Å². The summed E-state index contributed by atoms with van der Waals surface area (Å²) in [4.78, 5) is 0. The average Bonchev–Trinajstić information content (AvgIpc) is 1.95. The molecule has 68 valence electrons. The van der Waals surface area contributed by atoms with Crippen molar-refractivity contribution in [3.63, 3.8) is 0 Å². The smallest absolute Gasteiger partial charge is 0.00243 e. The van der Waals surface area contributed by atoms with Crippen molar-refractivity contribution in [1.82, 2.24) is 0 Å². The van der Waals surface area contributed by atoms with Crippen LogP contribution < -0.4 is 5.73 Å². The minimum Gasteiger partial charge on any atom is -0.404 e. The first-order chi connectivity index (χ1) is 5.52. The topological polar surface area (TPSA) is 26.0 Å². The molecule has 0 bridgehead atoms. The Labute approximate surface area is 75.7 Å². The number of allylic oxidation sites excluding steroid dienone is 5. The number of hydrogen-bond donors (Lipinski definition) is 1. The maximum absolute atomic E-state index is 5.50. The summed E-state index contributed by atoms with van der Waals surface area (Å²) in [6.45, 7) is 8.43. The first kappa shape index (κ1) is 11.0. The van der Waals surface area contributed by atoms with E-state index in [0.29, 0.717) is 0 Å². The zero-order valence-electron chi connectivity index (χ0n) is 8.46. The van der Waals surface area contributed by atoms with Crippen LogP contribution >= 0.6 is 0 Å². The predicted octanol–water partition coefficient (Wildman–Crippen LogP) is 3.01. The van der Waals surface area contributed by atoms with Gasteiger partial charge in [-0.05, 0) is 24.1 Å². The van der Waals surface area contributed by atoms with E-state index in [9.17, 15) is 0 Å². The van der Waals surface area contributed by atoms with Crippen molar-refractivity contribution in [2.45, 2.75) is 27.7 Å². The summed E-state index contributed by atoms with van der Waals surface area (Å²) in [6.07, 6.45) is 9.70. The van der Waals surface area contributed by atoms with Gasteiger partial charge in [-0.1, -0.05) is 45.1 Å². The zero-order chi connectivity index (χ0) is 9.61. The molecule has 12 heavy (non-hydrogen) atoms. The molecule has 0 aliphatic carbocycles. The number of rotatable bonds is 2. The van der Waals surface area contributed by atoms with Crippen LogP contribution in [-0.4, -0.2) is 0 Å². The molecule has 2 N–H and O–H groups in total. The molecule has 1 nitrogen and oxygen atoms in total. The fourth-order valence-corrected chi connectivity index (χ4v) is 0.826. The second-order valence-corrected chi connectivity index (χ2v) is 3.76. The molecule has 0 unspecified atom stereocenters. The summed E-state index contributed by atoms with van der Waals surface area (Å²) in [6, 6.07) is 0. The first-order valence-electron chi connectivity index (χ1n) is 4.24. The van der Waals surface area contributed by atoms with Crippen LogP contribution in [-0.2, 0) is 0 Å². The van der Waals surface area contributed by atoms with Gasteiger partial charge < -0.3 is 5.73 Å². The van der Waals surface area contributed by atoms with Crippen LogP contribution in [0.25, 0.3) is 0 Å². The maximum atomic E-state index is 5.50. The second-order valence-electron chi connectivity index (χ2n) is 3.76. The van der Waals surface area contributed by atoms with E-state index in [1.807, 2.05) is 31.2 Å². The third-order valence-electron chi connectivity index (χ3n) is 1.62. The van der Waals surface area contributed by atoms with Crippen LogP contribution in [0.5, 0.6) is 0 Å². The molecule has 0 aliphatic rings. The van der Waals surface area contributed by atoms with E-state index >= 15 is 0 Å². The van der Waals surface area contributed by atoms with Gasteiger partial charge in [-0.3, -0.25) is 0 Å². The highest BCUT2D eigenvalue weighted by molar-refractivity contribution is 5.26. The Bertz CT molecular complexity index is 202. The summed E-state index contributed by atoms with van der Waals surface area (Å²) in [7, 11) is 0. The maximum Gasteiger partial charge on any atom is -0.00243 e. The van der Waals surface area contributed by atoms with Crippen molar-refractivity contribution in [3.05, 3.63) is 36.1 Å². The molecule has 0 heterocycles. The van der Waals surface area contributed by atoms with Crippen LogP contribution in [0.15, 0.2) is 36.1 Å². The Hall–Kier alpha value is -0.980. The highest BCUT2D eigenvalue weighted by Crippen LogP contribution is 2.24. The van der Waals surface area contributed by atoms with Crippen LogP contribution in [0.2, 0.25) is 0 Å². The van der Waals surface area contributed by atoms with Crippen LogP contribution in [0.3, 0.4) is 0 Å². The summed E-state index contributed by atoms with van der Waals surface area (Å²) < 4.78 is 0. The SMILES string of the molecule is C\C=C/C=C\C(=C/N)C(C)(C)C. The lowest BCUT2D eigenvalue weighted by Gasteiger charge is -2.19. The van der Waals surface area contributed by atoms with Gasteiger partial charge in [0.1, 0.15) is 0 Å². The highest BCUT2D eigenvalue weighted by atomic mass is 14.5. The van der Waals surface area contributed by atoms with E-state index in [-0.39, 0.29) is 5.41 Å². The quantitative estimate of drug-likeness (QED) is 0.625. The van der Waals surface area contributed by atoms with Gasteiger partial charge in [0.25, 0.3) is 0 Å². The summed E-state index contributed by atoms with van der Waals surface area (Å²) in [5.74, 6) is 0. The Morgan fingerprint density at radius 2 is 1.75 bits per heavy atom.